The molecule has 2 aromatic heterocycles. The molecule has 6 aliphatic heterocycles. The van der Waals surface area contributed by atoms with Crippen LogP contribution in [0.4, 0.5) is 77.1 Å². The average Bonchev–Trinajstić information content (AvgIpc) is 1.31. The third-order valence-electron chi connectivity index (χ3n) is 29.9. The second-order valence-electron chi connectivity index (χ2n) is 39.0. The van der Waals surface area contributed by atoms with Crippen LogP contribution in [0.25, 0.3) is 0 Å². The molecule has 26 nitrogen and oxygen atoms in total. The minimum atomic E-state index is -4.62. The number of hydrogen-bond donors (Lipinski definition) is 4. The van der Waals surface area contributed by atoms with E-state index >= 15 is 0 Å². The molecule has 36 heteroatoms. The highest BCUT2D eigenvalue weighted by molar-refractivity contribution is 7.90. The largest absolute Gasteiger partial charge is 0.451 e. The molecule has 6 saturated heterocycles. The number of aromatic nitrogens is 4. The second-order valence-corrected chi connectivity index (χ2v) is 43.3. The van der Waals surface area contributed by atoms with Crippen molar-refractivity contribution in [1.82, 2.24) is 60.8 Å². The zero-order chi connectivity index (χ0) is 95.7. The smallest absolute Gasteiger partial charge is 0.381 e. The number of sulfone groups is 2. The summed E-state index contributed by atoms with van der Waals surface area (Å²) < 4.78 is 163. The fourth-order valence-corrected chi connectivity index (χ4v) is 23.9. The Labute approximate surface area is 778 Å². The number of benzene rings is 6. The van der Waals surface area contributed by atoms with Gasteiger partial charge in [-0.15, -0.1) is 0 Å². The molecule has 8 heterocycles. The number of halogens is 8. The molecule has 10 aliphatic rings. The first-order valence-electron chi connectivity index (χ1n) is 45.7. The predicted octanol–water partition coefficient (Wildman–Crippen LogP) is 15.7. The van der Waals surface area contributed by atoms with E-state index in [4.69, 9.17) is 9.47 Å². The molecule has 2 unspecified atom stereocenters. The third kappa shape index (κ3) is 21.4. The van der Waals surface area contributed by atoms with Gasteiger partial charge >= 0.3 is 36.5 Å². The van der Waals surface area contributed by atoms with Crippen LogP contribution in [-0.4, -0.2) is 223 Å². The molecule has 8 aromatic rings. The molecule has 8 amide bonds. The lowest BCUT2D eigenvalue weighted by Crippen LogP contribution is -2.55. The van der Waals surface area contributed by atoms with Gasteiger partial charge in [-0.05, 0) is 239 Å². The van der Waals surface area contributed by atoms with Gasteiger partial charge in [-0.3, -0.25) is 39.2 Å². The van der Waals surface area contributed by atoms with Crippen molar-refractivity contribution in [3.8, 4) is 0 Å². The number of ether oxygens (including phenoxy) is 2. The van der Waals surface area contributed by atoms with Gasteiger partial charge in [-0.1, -0.05) is 121 Å². The molecule has 720 valence electrons. The van der Waals surface area contributed by atoms with Crippen molar-refractivity contribution in [3.63, 3.8) is 0 Å². The van der Waals surface area contributed by atoms with E-state index < -0.39 is 54.8 Å². The number of hydrogen-bond acceptors (Lipinski definition) is 18. The molecule has 18 rings (SSSR count). The number of anilines is 4. The van der Waals surface area contributed by atoms with Crippen LogP contribution in [0.5, 0.6) is 0 Å². The summed E-state index contributed by atoms with van der Waals surface area (Å²) in [6.07, 6.45) is 12.3. The van der Waals surface area contributed by atoms with Crippen LogP contribution in [0.1, 0.15) is 161 Å². The van der Waals surface area contributed by atoms with Gasteiger partial charge in [0.05, 0.1) is 109 Å². The fraction of sp³-hybridized carbons (Fsp3) is 0.510. The first-order valence-corrected chi connectivity index (χ1v) is 49.9. The molecule has 4 spiro atoms. The van der Waals surface area contributed by atoms with Gasteiger partial charge in [0.15, 0.2) is 19.7 Å². The molecular formula is C98H120F8N16O10S2. The highest BCUT2D eigenvalue weighted by Crippen LogP contribution is 2.53. The Morgan fingerprint density at radius 3 is 1.01 bits per heavy atom. The summed E-state index contributed by atoms with van der Waals surface area (Å²) in [7, 11) is 6.03. The normalized spacial score (nSPS) is 27.7. The average molecular weight is 1900 g/mol. The zero-order valence-corrected chi connectivity index (χ0v) is 78.6. The van der Waals surface area contributed by atoms with Crippen LogP contribution >= 0.6 is 0 Å². The maximum absolute atomic E-state index is 14.0. The quantitative estimate of drug-likeness (QED) is 0.0516. The summed E-state index contributed by atoms with van der Waals surface area (Å²) in [6.45, 7) is 6.85. The summed E-state index contributed by atoms with van der Waals surface area (Å²) in [5.74, 6) is -2.10. The van der Waals surface area contributed by atoms with Crippen molar-refractivity contribution in [1.29, 1.82) is 0 Å². The Hall–Kier alpha value is -10.3. The summed E-state index contributed by atoms with van der Waals surface area (Å²) in [4.78, 5) is 80.9. The van der Waals surface area contributed by atoms with Crippen LogP contribution in [0, 0.1) is 23.5 Å². The summed E-state index contributed by atoms with van der Waals surface area (Å²) in [5, 5.41) is 12.7. The molecule has 6 aromatic carbocycles. The highest BCUT2D eigenvalue weighted by atomic mass is 32.2. The number of carbonyl (C=O) groups is 4. The molecule has 0 radical (unpaired) electrons. The van der Waals surface area contributed by atoms with Crippen molar-refractivity contribution in [2.24, 2.45) is 11.8 Å². The number of nitrogens with one attached hydrogen (secondary N) is 4. The Morgan fingerprint density at radius 2 is 0.687 bits per heavy atom. The van der Waals surface area contributed by atoms with Gasteiger partial charge in [0.1, 0.15) is 11.6 Å². The van der Waals surface area contributed by atoms with Gasteiger partial charge < -0.3 is 30.7 Å². The van der Waals surface area contributed by atoms with Crippen molar-refractivity contribution >= 4 is 66.5 Å². The van der Waals surface area contributed by atoms with Crippen molar-refractivity contribution in [2.45, 2.75) is 184 Å². The number of carbonyl (C=O) groups excluding carboxylic acids is 4. The van der Waals surface area contributed by atoms with E-state index in [0.717, 1.165) is 191 Å². The monoisotopic (exact) mass is 1900 g/mol. The number of para-hydroxylation sites is 2. The molecule has 4 aliphatic carbocycles. The Bertz CT molecular complexity index is 5530. The number of amides is 8. The third-order valence-corrected chi connectivity index (χ3v) is 31.6. The van der Waals surface area contributed by atoms with Gasteiger partial charge in [-0.25, -0.2) is 64.7 Å². The molecule has 4 N–H and O–H groups in total. The minimum absolute atomic E-state index is 0.103. The molecule has 10 fully saturated rings. The first-order chi connectivity index (χ1) is 63.5. The van der Waals surface area contributed by atoms with E-state index in [1.54, 1.807) is 52.3 Å². The lowest BCUT2D eigenvalue weighted by atomic mass is 9.68. The van der Waals surface area contributed by atoms with E-state index in [9.17, 15) is 71.1 Å². The Balaban J connectivity index is 0.000000136. The summed E-state index contributed by atoms with van der Waals surface area (Å²) in [6, 6.07) is 47.9. The van der Waals surface area contributed by atoms with Crippen LogP contribution < -0.4 is 40.9 Å². The predicted molar refractivity (Wildman–Crippen MR) is 495 cm³/mol. The SMILES string of the molecule is CN(C)C1(c2ccc(F)cc2)CCC2(CC1)CN(c1ccccc1CS(C)(=O)=O)C(=O)N2.CN(C)C1(c2cccc(F)c2)CCC2(CC1)CN(c1ccccc1CS(C)(=O)=O)C(=O)N2.CN(CC1CCOC1)C1(c2ccccc2)CCC2(CC1)CN(c1cnc(C(F)(F)F)nc1)C(=O)N2.CN(CC1CCOC1)C1(c2ccccc2)CCC2(CC1)CN(c1cnc(C(F)(F)F)nc1)C(=O)N2. The molecule has 0 bridgehead atoms. The Morgan fingerprint density at radius 1 is 0.381 bits per heavy atom. The number of rotatable bonds is 20. The standard InChI is InChI=1S/2C25H30F3N5O2.2C24H30FN3O3S/c2*1-32(15-18-7-12-35-16-18)24(19-5-3-2-4-6-19)10-8-23(9-11-24)17-33(22(34)31-23)20-13-29-21(30-14-20)25(26,27)28;1-27(2)24(19-8-6-9-20(25)15-19)13-11-23(12-14-24)17-28(22(29)26-23)21-10-5-4-7-18(21)16-32(3,30)31;1-27(2)24(19-8-10-20(25)11-9-19)14-12-23(13-15-24)17-28(22(29)26-23)21-7-5-4-6-18(21)16-32(3,30)31/h2*2-6,13-14,18H,7-12,15-17H2,1H3,(H,31,34);4-10,15H,11-14,16-17H2,1-3H3,(H,26,29);4-11H,12-17H2,1-3H3,(H,26,29). The molecular weight excluding hydrogens is 1780 g/mol. The first kappa shape index (κ1) is 98.2. The maximum atomic E-state index is 14.0. The minimum Gasteiger partial charge on any atom is -0.381 e. The maximum Gasteiger partial charge on any atom is 0.451 e. The van der Waals surface area contributed by atoms with Gasteiger partial charge in [0.25, 0.3) is 0 Å². The van der Waals surface area contributed by atoms with Gasteiger partial charge in [0, 0.05) is 72.3 Å². The van der Waals surface area contributed by atoms with Crippen LogP contribution in [0.15, 0.2) is 183 Å². The van der Waals surface area contributed by atoms with Crippen LogP contribution in [-0.2, 0) is 75.2 Å². The lowest BCUT2D eigenvalue weighted by Gasteiger charge is -2.50. The zero-order valence-electron chi connectivity index (χ0n) is 77.0. The summed E-state index contributed by atoms with van der Waals surface area (Å²) >= 11 is 0. The van der Waals surface area contributed by atoms with Crippen molar-refractivity contribution in [3.05, 3.63) is 239 Å². The van der Waals surface area contributed by atoms with Crippen LogP contribution in [0.2, 0.25) is 0 Å². The van der Waals surface area contributed by atoms with E-state index in [0.29, 0.717) is 60.5 Å². The van der Waals surface area contributed by atoms with E-state index in [-0.39, 0.29) is 91.9 Å². The lowest BCUT2D eigenvalue weighted by molar-refractivity contribution is -0.145. The van der Waals surface area contributed by atoms with Crippen molar-refractivity contribution in [2.75, 3.05) is 140 Å². The highest BCUT2D eigenvalue weighted by Gasteiger charge is 2.57. The van der Waals surface area contributed by atoms with Gasteiger partial charge in [-0.2, -0.15) is 26.3 Å². The molecule has 4 saturated carbocycles. The number of urea groups is 4. The fourth-order valence-electron chi connectivity index (χ4n) is 22.3. The van der Waals surface area contributed by atoms with Crippen LogP contribution in [0.3, 0.4) is 0 Å². The molecule has 134 heavy (non-hydrogen) atoms. The number of alkyl halides is 6. The van der Waals surface area contributed by atoms with E-state index in [1.165, 1.54) is 51.6 Å². The Kier molecular flexibility index (Phi) is 28.6. The summed E-state index contributed by atoms with van der Waals surface area (Å²) in [5.41, 5.74) is 5.24. The van der Waals surface area contributed by atoms with Crippen molar-refractivity contribution < 1.29 is 80.6 Å². The van der Waals surface area contributed by atoms with E-state index in [2.05, 4.69) is 123 Å². The van der Waals surface area contributed by atoms with Gasteiger partial charge in [0.2, 0.25) is 11.6 Å². The second kappa shape index (κ2) is 39.0. The topological polar surface area (TPSA) is 281 Å². The number of nitrogens with zero attached hydrogens (tertiary/aromatic N) is 12. The molecule has 2 atom stereocenters. The van der Waals surface area contributed by atoms with E-state index in [1.807, 2.05) is 76.7 Å².